The Balaban J connectivity index is 1.81. The van der Waals surface area contributed by atoms with E-state index in [1.807, 2.05) is 30.3 Å². The molecule has 1 aromatic heterocycles. The van der Waals surface area contributed by atoms with Crippen LogP contribution < -0.4 is 5.32 Å². The van der Waals surface area contributed by atoms with Crippen molar-refractivity contribution in [2.45, 2.75) is 32.5 Å². The molecule has 0 aliphatic heterocycles. The summed E-state index contributed by atoms with van der Waals surface area (Å²) in [5.74, 6) is 0. The summed E-state index contributed by atoms with van der Waals surface area (Å²) < 4.78 is 2.25. The van der Waals surface area contributed by atoms with Crippen molar-refractivity contribution in [2.24, 2.45) is 0 Å². The fourth-order valence-electron chi connectivity index (χ4n) is 2.20. The second-order valence-electron chi connectivity index (χ2n) is 4.75. The van der Waals surface area contributed by atoms with Gasteiger partial charge in [0.15, 0.2) is 0 Å². The van der Waals surface area contributed by atoms with Crippen LogP contribution >= 0.6 is 0 Å². The van der Waals surface area contributed by atoms with E-state index < -0.39 is 6.10 Å². The molecule has 0 bridgehead atoms. The fraction of sp³-hybridized carbons (Fsp3) is 0.375. The van der Waals surface area contributed by atoms with Gasteiger partial charge in [-0.25, -0.2) is 0 Å². The van der Waals surface area contributed by atoms with Crippen molar-refractivity contribution in [3.8, 4) is 0 Å². The van der Waals surface area contributed by atoms with Crippen LogP contribution in [0, 0.1) is 0 Å². The first-order chi connectivity index (χ1) is 9.31. The summed E-state index contributed by atoms with van der Waals surface area (Å²) in [6.07, 6.45) is 2.79. The molecule has 1 heterocycles. The minimum Gasteiger partial charge on any atom is -0.387 e. The molecule has 2 rings (SSSR count). The van der Waals surface area contributed by atoms with Crippen LogP contribution in [-0.2, 0) is 13.1 Å². The zero-order valence-electron chi connectivity index (χ0n) is 11.4. The normalized spacial score (nSPS) is 12.5. The molecule has 0 radical (unpaired) electrons. The fourth-order valence-corrected chi connectivity index (χ4v) is 2.20. The third kappa shape index (κ3) is 3.94. The first-order valence-corrected chi connectivity index (χ1v) is 6.89. The van der Waals surface area contributed by atoms with Gasteiger partial charge in [0.2, 0.25) is 0 Å². The van der Waals surface area contributed by atoms with Crippen LogP contribution in [0.15, 0.2) is 48.7 Å². The zero-order chi connectivity index (χ0) is 13.5. The minimum absolute atomic E-state index is 0.448. The molecule has 2 aromatic rings. The second-order valence-corrected chi connectivity index (χ2v) is 4.75. The van der Waals surface area contributed by atoms with Gasteiger partial charge in [-0.1, -0.05) is 37.3 Å². The molecule has 19 heavy (non-hydrogen) atoms. The van der Waals surface area contributed by atoms with Gasteiger partial charge >= 0.3 is 0 Å². The third-order valence-electron chi connectivity index (χ3n) is 3.22. The van der Waals surface area contributed by atoms with E-state index in [1.165, 1.54) is 5.69 Å². The molecule has 0 amide bonds. The number of benzene rings is 1. The van der Waals surface area contributed by atoms with Crippen molar-refractivity contribution in [1.82, 2.24) is 9.88 Å². The topological polar surface area (TPSA) is 37.2 Å². The number of aryl methyl sites for hydroxylation is 1. The lowest BCUT2D eigenvalue weighted by atomic mass is 10.1. The number of nitrogens with zero attached hydrogens (tertiary/aromatic N) is 1. The maximum absolute atomic E-state index is 10.1. The molecule has 102 valence electrons. The molecule has 0 aliphatic carbocycles. The van der Waals surface area contributed by atoms with Crippen LogP contribution in [0.25, 0.3) is 0 Å². The van der Waals surface area contributed by atoms with Crippen molar-refractivity contribution < 1.29 is 5.11 Å². The van der Waals surface area contributed by atoms with Crippen molar-refractivity contribution in [3.05, 3.63) is 59.9 Å². The van der Waals surface area contributed by atoms with Crippen molar-refractivity contribution in [3.63, 3.8) is 0 Å². The van der Waals surface area contributed by atoms with Crippen molar-refractivity contribution in [2.75, 3.05) is 6.54 Å². The van der Waals surface area contributed by atoms with E-state index in [4.69, 9.17) is 0 Å². The van der Waals surface area contributed by atoms with Crippen LogP contribution in [0.5, 0.6) is 0 Å². The highest BCUT2D eigenvalue weighted by Crippen LogP contribution is 2.11. The summed E-state index contributed by atoms with van der Waals surface area (Å²) in [7, 11) is 0. The Labute approximate surface area is 114 Å². The highest BCUT2D eigenvalue weighted by atomic mass is 16.3. The smallest absolute Gasteiger partial charge is 0.0914 e. The Morgan fingerprint density at radius 2 is 1.95 bits per heavy atom. The van der Waals surface area contributed by atoms with E-state index in [0.29, 0.717) is 6.54 Å². The van der Waals surface area contributed by atoms with Gasteiger partial charge in [-0.05, 0) is 24.1 Å². The predicted molar refractivity (Wildman–Crippen MR) is 77.8 cm³/mol. The number of aliphatic hydroxyl groups excluding tert-OH is 1. The zero-order valence-corrected chi connectivity index (χ0v) is 11.4. The Morgan fingerprint density at radius 1 is 1.16 bits per heavy atom. The first kappa shape index (κ1) is 13.8. The first-order valence-electron chi connectivity index (χ1n) is 6.89. The van der Waals surface area contributed by atoms with E-state index >= 15 is 0 Å². The molecule has 0 spiro atoms. The number of aliphatic hydroxyl groups is 1. The van der Waals surface area contributed by atoms with Gasteiger partial charge < -0.3 is 15.0 Å². The summed E-state index contributed by atoms with van der Waals surface area (Å²) in [5, 5.41) is 13.4. The van der Waals surface area contributed by atoms with E-state index in [1.54, 1.807) is 0 Å². The van der Waals surface area contributed by atoms with Crippen molar-refractivity contribution >= 4 is 0 Å². The van der Waals surface area contributed by atoms with Gasteiger partial charge in [0.1, 0.15) is 0 Å². The lowest BCUT2D eigenvalue weighted by Crippen LogP contribution is -2.22. The van der Waals surface area contributed by atoms with Gasteiger partial charge in [-0.2, -0.15) is 0 Å². The van der Waals surface area contributed by atoms with Gasteiger partial charge in [-0.3, -0.25) is 0 Å². The van der Waals surface area contributed by atoms with E-state index in [2.05, 4.69) is 35.1 Å². The molecule has 0 saturated heterocycles. The highest BCUT2D eigenvalue weighted by Gasteiger charge is 2.06. The maximum Gasteiger partial charge on any atom is 0.0914 e. The quantitative estimate of drug-likeness (QED) is 0.801. The maximum atomic E-state index is 10.1. The number of hydrogen-bond acceptors (Lipinski definition) is 2. The van der Waals surface area contributed by atoms with Gasteiger partial charge in [0.05, 0.1) is 6.10 Å². The molecule has 0 saturated carbocycles. The minimum atomic E-state index is -0.448. The van der Waals surface area contributed by atoms with E-state index in [0.717, 1.165) is 25.1 Å². The summed E-state index contributed by atoms with van der Waals surface area (Å²) in [6, 6.07) is 14.0. The standard InChI is InChI=1S/C16H22N2O/c1-2-10-18-11-6-9-15(18)12-17-13-16(19)14-7-4-3-5-8-14/h3-9,11,16-17,19H,2,10,12-13H2,1H3. The van der Waals surface area contributed by atoms with E-state index in [9.17, 15) is 5.11 Å². The largest absolute Gasteiger partial charge is 0.387 e. The van der Waals surface area contributed by atoms with Crippen molar-refractivity contribution in [1.29, 1.82) is 0 Å². The molecular weight excluding hydrogens is 236 g/mol. The molecule has 0 fully saturated rings. The van der Waals surface area contributed by atoms with Crippen LogP contribution in [-0.4, -0.2) is 16.2 Å². The van der Waals surface area contributed by atoms with E-state index in [-0.39, 0.29) is 0 Å². The number of hydrogen-bond donors (Lipinski definition) is 2. The van der Waals surface area contributed by atoms with Crippen LogP contribution in [0.4, 0.5) is 0 Å². The molecule has 1 atom stereocenters. The van der Waals surface area contributed by atoms with Crippen LogP contribution in [0.1, 0.15) is 30.7 Å². The average Bonchev–Trinajstić information content (AvgIpc) is 2.88. The lowest BCUT2D eigenvalue weighted by Gasteiger charge is -2.13. The summed E-state index contributed by atoms with van der Waals surface area (Å²) in [6.45, 7) is 4.58. The number of nitrogens with one attached hydrogen (secondary N) is 1. The van der Waals surface area contributed by atoms with Gasteiger partial charge in [0, 0.05) is 31.5 Å². The molecule has 1 aromatic carbocycles. The van der Waals surface area contributed by atoms with Gasteiger partial charge in [0.25, 0.3) is 0 Å². The summed E-state index contributed by atoms with van der Waals surface area (Å²) in [5.41, 5.74) is 2.22. The Kier molecular flexibility index (Phi) is 5.19. The summed E-state index contributed by atoms with van der Waals surface area (Å²) >= 11 is 0. The third-order valence-corrected chi connectivity index (χ3v) is 3.22. The van der Waals surface area contributed by atoms with Crippen LogP contribution in [0.3, 0.4) is 0 Å². The lowest BCUT2D eigenvalue weighted by molar-refractivity contribution is 0.174. The van der Waals surface area contributed by atoms with Crippen LogP contribution in [0.2, 0.25) is 0 Å². The molecule has 3 heteroatoms. The number of aromatic nitrogens is 1. The Morgan fingerprint density at radius 3 is 2.68 bits per heavy atom. The molecule has 2 N–H and O–H groups in total. The summed E-state index contributed by atoms with van der Waals surface area (Å²) in [4.78, 5) is 0. The Bertz CT molecular complexity index is 479. The monoisotopic (exact) mass is 258 g/mol. The molecule has 1 unspecified atom stereocenters. The van der Waals surface area contributed by atoms with Gasteiger partial charge in [-0.15, -0.1) is 0 Å². The Hall–Kier alpha value is -1.58. The second kappa shape index (κ2) is 7.12. The average molecular weight is 258 g/mol. The number of rotatable bonds is 7. The highest BCUT2D eigenvalue weighted by molar-refractivity contribution is 5.17. The predicted octanol–water partition coefficient (Wildman–Crippen LogP) is 2.72. The molecule has 3 nitrogen and oxygen atoms in total. The SMILES string of the molecule is CCCn1cccc1CNCC(O)c1ccccc1. The molecular formula is C16H22N2O. The molecule has 0 aliphatic rings.